The van der Waals surface area contributed by atoms with Crippen molar-refractivity contribution in [2.45, 2.75) is 117 Å². The van der Waals surface area contributed by atoms with Gasteiger partial charge in [0.05, 0.1) is 13.2 Å². The smallest absolute Gasteiger partial charge is 0.119 e. The lowest BCUT2D eigenvalue weighted by atomic mass is 9.78. The lowest BCUT2D eigenvalue weighted by Gasteiger charge is -2.28. The molecule has 1 aromatic rings. The minimum atomic E-state index is 0.821. The van der Waals surface area contributed by atoms with Crippen LogP contribution in [0.15, 0.2) is 24.3 Å². The van der Waals surface area contributed by atoms with E-state index < -0.39 is 0 Å². The van der Waals surface area contributed by atoms with Crippen LogP contribution in [-0.4, -0.2) is 13.2 Å². The van der Waals surface area contributed by atoms with Crippen molar-refractivity contribution >= 4 is 0 Å². The number of hydrogen-bond acceptors (Lipinski definition) is 2. The largest absolute Gasteiger partial charge is 0.494 e. The first-order valence-electron chi connectivity index (χ1n) is 13.2. The molecular formula is C28H48O2. The summed E-state index contributed by atoms with van der Waals surface area (Å²) < 4.78 is 11.8. The maximum Gasteiger partial charge on any atom is 0.119 e. The molecule has 1 aromatic carbocycles. The van der Waals surface area contributed by atoms with Crippen LogP contribution in [0.5, 0.6) is 11.5 Å². The van der Waals surface area contributed by atoms with Crippen molar-refractivity contribution in [3.05, 3.63) is 24.3 Å². The van der Waals surface area contributed by atoms with Crippen LogP contribution in [-0.2, 0) is 0 Å². The minimum Gasteiger partial charge on any atom is -0.494 e. The first-order chi connectivity index (χ1) is 14.8. The Balaban J connectivity index is 1.47. The van der Waals surface area contributed by atoms with Crippen molar-refractivity contribution in [1.29, 1.82) is 0 Å². The molecule has 0 unspecified atom stereocenters. The molecular weight excluding hydrogens is 368 g/mol. The molecule has 172 valence electrons. The molecule has 0 aliphatic heterocycles. The molecule has 0 heterocycles. The van der Waals surface area contributed by atoms with Crippen LogP contribution < -0.4 is 9.47 Å². The molecule has 1 aliphatic carbocycles. The SMILES string of the molecule is CCCCCCC[C@H]1CC[C@H](CCCOc2ccc(OCCCCCC)cc2)CC1. The molecule has 0 N–H and O–H groups in total. The average Bonchev–Trinajstić information content (AvgIpc) is 2.78. The summed E-state index contributed by atoms with van der Waals surface area (Å²) >= 11 is 0. The standard InChI is InChI=1S/C28H48O2/c1-3-5-7-9-10-13-25-15-17-26(18-16-25)14-12-24-30-28-21-19-27(20-22-28)29-23-11-8-6-4-2/h19-22,25-26H,3-18,23-24H2,1-2H3/t25-,26-. The minimum absolute atomic E-state index is 0.821. The van der Waals surface area contributed by atoms with Gasteiger partial charge in [-0.15, -0.1) is 0 Å². The van der Waals surface area contributed by atoms with Gasteiger partial charge in [-0.25, -0.2) is 0 Å². The third-order valence-corrected chi connectivity index (χ3v) is 6.80. The Morgan fingerprint density at radius 1 is 0.567 bits per heavy atom. The highest BCUT2D eigenvalue weighted by molar-refractivity contribution is 5.31. The van der Waals surface area contributed by atoms with E-state index in [9.17, 15) is 0 Å². The van der Waals surface area contributed by atoms with Gasteiger partial charge in [0.15, 0.2) is 0 Å². The van der Waals surface area contributed by atoms with Crippen molar-refractivity contribution in [2.75, 3.05) is 13.2 Å². The van der Waals surface area contributed by atoms with Crippen molar-refractivity contribution in [1.82, 2.24) is 0 Å². The number of rotatable bonds is 17. The van der Waals surface area contributed by atoms with E-state index in [-0.39, 0.29) is 0 Å². The fraction of sp³-hybridized carbons (Fsp3) is 0.786. The summed E-state index contributed by atoms with van der Waals surface area (Å²) in [5.74, 6) is 3.89. The number of ether oxygens (including phenoxy) is 2. The average molecular weight is 417 g/mol. The zero-order valence-corrected chi connectivity index (χ0v) is 20.0. The highest BCUT2D eigenvalue weighted by atomic mass is 16.5. The molecule has 1 fully saturated rings. The molecule has 2 heteroatoms. The molecule has 1 aliphatic rings. The normalized spacial score (nSPS) is 19.0. The fourth-order valence-corrected chi connectivity index (χ4v) is 4.76. The Hall–Kier alpha value is -1.18. The highest BCUT2D eigenvalue weighted by Gasteiger charge is 2.20. The van der Waals surface area contributed by atoms with E-state index >= 15 is 0 Å². The van der Waals surface area contributed by atoms with Crippen molar-refractivity contribution in [3.8, 4) is 11.5 Å². The first kappa shape index (κ1) is 25.1. The van der Waals surface area contributed by atoms with E-state index in [0.29, 0.717) is 0 Å². The predicted octanol–water partition coefficient (Wildman–Crippen LogP) is 8.97. The van der Waals surface area contributed by atoms with Gasteiger partial charge in [0.25, 0.3) is 0 Å². The maximum atomic E-state index is 5.96. The van der Waals surface area contributed by atoms with Crippen molar-refractivity contribution in [2.24, 2.45) is 11.8 Å². The molecule has 30 heavy (non-hydrogen) atoms. The van der Waals surface area contributed by atoms with Crippen LogP contribution in [0.1, 0.15) is 117 Å². The van der Waals surface area contributed by atoms with Gasteiger partial charge in [-0.1, -0.05) is 97.3 Å². The maximum absolute atomic E-state index is 5.96. The van der Waals surface area contributed by atoms with Gasteiger partial charge in [0.2, 0.25) is 0 Å². The third-order valence-electron chi connectivity index (χ3n) is 6.80. The molecule has 0 aromatic heterocycles. The van der Waals surface area contributed by atoms with Crippen LogP contribution in [0.25, 0.3) is 0 Å². The quantitative estimate of drug-likeness (QED) is 0.236. The molecule has 0 bridgehead atoms. The van der Waals surface area contributed by atoms with Gasteiger partial charge in [-0.05, 0) is 55.4 Å². The second-order valence-electron chi connectivity index (χ2n) is 9.46. The Morgan fingerprint density at radius 3 is 1.53 bits per heavy atom. The molecule has 1 saturated carbocycles. The van der Waals surface area contributed by atoms with Crippen LogP contribution in [0.2, 0.25) is 0 Å². The van der Waals surface area contributed by atoms with Crippen molar-refractivity contribution in [3.63, 3.8) is 0 Å². The summed E-state index contributed by atoms with van der Waals surface area (Å²) in [5, 5.41) is 0. The third kappa shape index (κ3) is 11.3. The second kappa shape index (κ2) is 16.5. The Bertz CT molecular complexity index is 502. The van der Waals surface area contributed by atoms with Crippen LogP contribution in [0, 0.1) is 11.8 Å². The van der Waals surface area contributed by atoms with E-state index in [2.05, 4.69) is 13.8 Å². The van der Waals surface area contributed by atoms with Crippen LogP contribution in [0.4, 0.5) is 0 Å². The topological polar surface area (TPSA) is 18.5 Å². The van der Waals surface area contributed by atoms with Gasteiger partial charge < -0.3 is 9.47 Å². The summed E-state index contributed by atoms with van der Waals surface area (Å²) in [6, 6.07) is 8.18. The molecule has 0 radical (unpaired) electrons. The lowest BCUT2D eigenvalue weighted by molar-refractivity contribution is 0.228. The van der Waals surface area contributed by atoms with Crippen LogP contribution in [0.3, 0.4) is 0 Å². The Labute approximate surface area is 187 Å². The van der Waals surface area contributed by atoms with E-state index in [1.165, 1.54) is 96.3 Å². The molecule has 0 atom stereocenters. The monoisotopic (exact) mass is 416 g/mol. The Morgan fingerprint density at radius 2 is 1.00 bits per heavy atom. The molecule has 0 amide bonds. The second-order valence-corrected chi connectivity index (χ2v) is 9.46. The Kier molecular flexibility index (Phi) is 13.8. The summed E-state index contributed by atoms with van der Waals surface area (Å²) in [4.78, 5) is 0. The summed E-state index contributed by atoms with van der Waals surface area (Å²) in [6.07, 6.45) is 22.0. The molecule has 2 rings (SSSR count). The van der Waals surface area contributed by atoms with E-state index in [4.69, 9.17) is 9.47 Å². The molecule has 2 nitrogen and oxygen atoms in total. The fourth-order valence-electron chi connectivity index (χ4n) is 4.76. The summed E-state index contributed by atoms with van der Waals surface area (Å²) in [7, 11) is 0. The van der Waals surface area contributed by atoms with Crippen molar-refractivity contribution < 1.29 is 9.47 Å². The van der Waals surface area contributed by atoms with E-state index in [0.717, 1.165) is 43.0 Å². The van der Waals surface area contributed by atoms with Gasteiger partial charge in [0, 0.05) is 0 Å². The number of unbranched alkanes of at least 4 members (excludes halogenated alkanes) is 7. The van der Waals surface area contributed by atoms with E-state index in [1.54, 1.807) is 0 Å². The van der Waals surface area contributed by atoms with Gasteiger partial charge in [0.1, 0.15) is 11.5 Å². The highest BCUT2D eigenvalue weighted by Crippen LogP contribution is 2.34. The van der Waals surface area contributed by atoms with Gasteiger partial charge in [-0.3, -0.25) is 0 Å². The summed E-state index contributed by atoms with van der Waals surface area (Å²) in [6.45, 7) is 6.20. The van der Waals surface area contributed by atoms with Gasteiger partial charge in [-0.2, -0.15) is 0 Å². The molecule has 0 spiro atoms. The van der Waals surface area contributed by atoms with Gasteiger partial charge >= 0.3 is 0 Å². The number of hydrogen-bond donors (Lipinski definition) is 0. The number of benzene rings is 1. The zero-order valence-electron chi connectivity index (χ0n) is 20.0. The van der Waals surface area contributed by atoms with E-state index in [1.807, 2.05) is 24.3 Å². The summed E-state index contributed by atoms with van der Waals surface area (Å²) in [5.41, 5.74) is 0. The molecule has 0 saturated heterocycles. The zero-order chi connectivity index (χ0) is 21.3. The predicted molar refractivity (Wildman–Crippen MR) is 130 cm³/mol. The lowest BCUT2D eigenvalue weighted by Crippen LogP contribution is -2.15. The first-order valence-corrected chi connectivity index (χ1v) is 13.2. The van der Waals surface area contributed by atoms with Crippen LogP contribution >= 0.6 is 0 Å².